The molecule has 1 aromatic heterocycles. The normalized spacial score (nSPS) is 10.1. The van der Waals surface area contributed by atoms with E-state index in [4.69, 9.17) is 4.74 Å². The van der Waals surface area contributed by atoms with Crippen LogP contribution in [0.15, 0.2) is 36.4 Å². The number of aromatic nitrogens is 1. The van der Waals surface area contributed by atoms with Crippen molar-refractivity contribution in [1.82, 2.24) is 4.98 Å². The van der Waals surface area contributed by atoms with Crippen molar-refractivity contribution in [1.29, 1.82) is 0 Å². The third-order valence-electron chi connectivity index (χ3n) is 2.93. The molecular weight excluding hydrogens is 240 g/mol. The molecule has 1 heterocycles. The van der Waals surface area contributed by atoms with Crippen LogP contribution in [0.1, 0.15) is 21.6 Å². The van der Waals surface area contributed by atoms with Crippen LogP contribution < -0.4 is 10.1 Å². The van der Waals surface area contributed by atoms with E-state index in [1.165, 1.54) is 12.7 Å². The molecule has 1 amide bonds. The molecule has 98 valence electrons. The molecule has 0 fully saturated rings. The predicted molar refractivity (Wildman–Crippen MR) is 74.7 cm³/mol. The molecule has 1 aromatic carbocycles. The first kappa shape index (κ1) is 13.1. The van der Waals surface area contributed by atoms with Gasteiger partial charge in [0, 0.05) is 11.8 Å². The number of anilines is 1. The van der Waals surface area contributed by atoms with Crippen molar-refractivity contribution in [2.75, 3.05) is 12.4 Å². The van der Waals surface area contributed by atoms with Gasteiger partial charge in [0.15, 0.2) is 0 Å². The SMILES string of the molecule is COc1cccc(C(=O)Nc2ccc(C)c(C)c2)n1. The minimum atomic E-state index is -0.248. The van der Waals surface area contributed by atoms with Crippen LogP contribution >= 0.6 is 0 Å². The lowest BCUT2D eigenvalue weighted by Gasteiger charge is -2.08. The lowest BCUT2D eigenvalue weighted by atomic mass is 10.1. The first-order valence-electron chi connectivity index (χ1n) is 6.00. The van der Waals surface area contributed by atoms with E-state index in [-0.39, 0.29) is 5.91 Å². The van der Waals surface area contributed by atoms with Gasteiger partial charge in [0.1, 0.15) is 5.69 Å². The maximum Gasteiger partial charge on any atom is 0.274 e. The lowest BCUT2D eigenvalue weighted by molar-refractivity contribution is 0.102. The second kappa shape index (κ2) is 5.52. The molecule has 2 aromatic rings. The molecule has 0 bridgehead atoms. The van der Waals surface area contributed by atoms with E-state index in [0.717, 1.165) is 11.3 Å². The largest absolute Gasteiger partial charge is 0.481 e. The fraction of sp³-hybridized carbons (Fsp3) is 0.200. The molecule has 2 rings (SSSR count). The number of hydrogen-bond acceptors (Lipinski definition) is 3. The highest BCUT2D eigenvalue weighted by molar-refractivity contribution is 6.02. The Bertz CT molecular complexity index is 609. The molecule has 1 N–H and O–H groups in total. The summed E-state index contributed by atoms with van der Waals surface area (Å²) in [5.41, 5.74) is 3.42. The number of aryl methyl sites for hydroxylation is 2. The fourth-order valence-corrected chi connectivity index (χ4v) is 1.67. The smallest absolute Gasteiger partial charge is 0.274 e. The summed E-state index contributed by atoms with van der Waals surface area (Å²) in [5.74, 6) is 0.176. The highest BCUT2D eigenvalue weighted by Crippen LogP contribution is 2.15. The third-order valence-corrected chi connectivity index (χ3v) is 2.93. The highest BCUT2D eigenvalue weighted by atomic mass is 16.5. The Balaban J connectivity index is 2.18. The molecule has 4 heteroatoms. The average Bonchev–Trinajstić information content (AvgIpc) is 2.43. The maximum absolute atomic E-state index is 12.0. The van der Waals surface area contributed by atoms with E-state index in [9.17, 15) is 4.79 Å². The quantitative estimate of drug-likeness (QED) is 0.918. The van der Waals surface area contributed by atoms with Crippen molar-refractivity contribution in [3.8, 4) is 5.88 Å². The van der Waals surface area contributed by atoms with Gasteiger partial charge in [-0.15, -0.1) is 0 Å². The van der Waals surface area contributed by atoms with Gasteiger partial charge in [0.2, 0.25) is 5.88 Å². The molecule has 0 aliphatic heterocycles. The van der Waals surface area contributed by atoms with Crippen LogP contribution in [-0.2, 0) is 0 Å². The summed E-state index contributed by atoms with van der Waals surface area (Å²) in [6.45, 7) is 4.04. The number of nitrogens with one attached hydrogen (secondary N) is 1. The van der Waals surface area contributed by atoms with Crippen LogP contribution in [0.5, 0.6) is 5.88 Å². The Labute approximate surface area is 112 Å². The highest BCUT2D eigenvalue weighted by Gasteiger charge is 2.09. The number of rotatable bonds is 3. The summed E-state index contributed by atoms with van der Waals surface area (Å²) in [4.78, 5) is 16.1. The number of methoxy groups -OCH3 is 1. The standard InChI is InChI=1S/C15H16N2O2/c1-10-7-8-12(9-11(10)2)16-15(18)13-5-4-6-14(17-13)19-3/h4-9H,1-3H3,(H,16,18). The zero-order valence-electron chi connectivity index (χ0n) is 11.2. The minimum Gasteiger partial charge on any atom is -0.481 e. The van der Waals surface area contributed by atoms with Crippen LogP contribution in [0, 0.1) is 13.8 Å². The molecule has 19 heavy (non-hydrogen) atoms. The Kier molecular flexibility index (Phi) is 3.80. The molecule has 0 atom stereocenters. The second-order valence-electron chi connectivity index (χ2n) is 4.32. The zero-order valence-corrected chi connectivity index (χ0v) is 11.2. The Morgan fingerprint density at radius 2 is 1.95 bits per heavy atom. The molecule has 0 radical (unpaired) electrons. The molecule has 0 saturated heterocycles. The van der Waals surface area contributed by atoms with Crippen LogP contribution in [0.25, 0.3) is 0 Å². The number of benzene rings is 1. The second-order valence-corrected chi connectivity index (χ2v) is 4.32. The van der Waals surface area contributed by atoms with E-state index in [1.54, 1.807) is 18.2 Å². The maximum atomic E-state index is 12.0. The number of hydrogen-bond donors (Lipinski definition) is 1. The Morgan fingerprint density at radius 1 is 1.16 bits per heavy atom. The van der Waals surface area contributed by atoms with Gasteiger partial charge in [-0.05, 0) is 43.2 Å². The summed E-state index contributed by atoms with van der Waals surface area (Å²) in [6.07, 6.45) is 0. The lowest BCUT2D eigenvalue weighted by Crippen LogP contribution is -2.14. The van der Waals surface area contributed by atoms with Crippen molar-refractivity contribution >= 4 is 11.6 Å². The van der Waals surface area contributed by atoms with Crippen molar-refractivity contribution in [2.24, 2.45) is 0 Å². The van der Waals surface area contributed by atoms with Crippen LogP contribution in [0.4, 0.5) is 5.69 Å². The van der Waals surface area contributed by atoms with Crippen molar-refractivity contribution in [3.05, 3.63) is 53.2 Å². The van der Waals surface area contributed by atoms with Gasteiger partial charge in [-0.1, -0.05) is 12.1 Å². The number of amides is 1. The molecule has 0 spiro atoms. The first-order chi connectivity index (χ1) is 9.10. The van der Waals surface area contributed by atoms with Crippen molar-refractivity contribution < 1.29 is 9.53 Å². The Morgan fingerprint density at radius 3 is 2.63 bits per heavy atom. The first-order valence-corrected chi connectivity index (χ1v) is 6.00. The van der Waals surface area contributed by atoms with E-state index in [0.29, 0.717) is 11.6 Å². The number of carbonyl (C=O) groups is 1. The topological polar surface area (TPSA) is 51.2 Å². The van der Waals surface area contributed by atoms with E-state index < -0.39 is 0 Å². The number of carbonyl (C=O) groups excluding carboxylic acids is 1. The molecule has 0 saturated carbocycles. The summed E-state index contributed by atoms with van der Waals surface area (Å²) in [5, 5.41) is 2.82. The summed E-state index contributed by atoms with van der Waals surface area (Å²) < 4.78 is 5.00. The van der Waals surface area contributed by atoms with E-state index in [1.807, 2.05) is 32.0 Å². The zero-order chi connectivity index (χ0) is 13.8. The third kappa shape index (κ3) is 3.10. The van der Waals surface area contributed by atoms with Crippen LogP contribution in [0.2, 0.25) is 0 Å². The van der Waals surface area contributed by atoms with Gasteiger partial charge in [0.25, 0.3) is 5.91 Å². The minimum absolute atomic E-state index is 0.248. The summed E-state index contributed by atoms with van der Waals surface area (Å²) in [7, 11) is 1.52. The van der Waals surface area contributed by atoms with E-state index in [2.05, 4.69) is 10.3 Å². The number of ether oxygens (including phenoxy) is 1. The monoisotopic (exact) mass is 256 g/mol. The van der Waals surface area contributed by atoms with Gasteiger partial charge in [0.05, 0.1) is 7.11 Å². The molecule has 0 aliphatic rings. The molecule has 0 aliphatic carbocycles. The van der Waals surface area contributed by atoms with Crippen LogP contribution in [-0.4, -0.2) is 18.0 Å². The fourth-order valence-electron chi connectivity index (χ4n) is 1.67. The van der Waals surface area contributed by atoms with Crippen molar-refractivity contribution in [3.63, 3.8) is 0 Å². The summed E-state index contributed by atoms with van der Waals surface area (Å²) in [6, 6.07) is 10.9. The molecule has 0 unspecified atom stereocenters. The molecule has 4 nitrogen and oxygen atoms in total. The van der Waals surface area contributed by atoms with E-state index >= 15 is 0 Å². The van der Waals surface area contributed by atoms with Crippen LogP contribution in [0.3, 0.4) is 0 Å². The van der Waals surface area contributed by atoms with Gasteiger partial charge in [-0.2, -0.15) is 0 Å². The number of pyridine rings is 1. The van der Waals surface area contributed by atoms with Gasteiger partial charge < -0.3 is 10.1 Å². The van der Waals surface area contributed by atoms with Gasteiger partial charge >= 0.3 is 0 Å². The average molecular weight is 256 g/mol. The van der Waals surface area contributed by atoms with Crippen molar-refractivity contribution in [2.45, 2.75) is 13.8 Å². The molecular formula is C15H16N2O2. The van der Waals surface area contributed by atoms with Gasteiger partial charge in [-0.3, -0.25) is 4.79 Å². The van der Waals surface area contributed by atoms with Gasteiger partial charge in [-0.25, -0.2) is 4.98 Å². The summed E-state index contributed by atoms with van der Waals surface area (Å²) >= 11 is 0. The number of nitrogens with zero attached hydrogens (tertiary/aromatic N) is 1. The Hall–Kier alpha value is -2.36. The predicted octanol–water partition coefficient (Wildman–Crippen LogP) is 2.96.